The summed E-state index contributed by atoms with van der Waals surface area (Å²) < 4.78 is 5.23. The van der Waals surface area contributed by atoms with Crippen LogP contribution in [-0.4, -0.2) is 29.5 Å². The van der Waals surface area contributed by atoms with E-state index in [9.17, 15) is 19.2 Å². The van der Waals surface area contributed by atoms with Crippen LogP contribution in [0.25, 0.3) is 0 Å². The molecular weight excluding hydrogens is 394 g/mol. The number of ether oxygens (including phenoxy) is 1. The first-order valence-electron chi connectivity index (χ1n) is 9.68. The number of nitrogens with one attached hydrogen (secondary N) is 1. The van der Waals surface area contributed by atoms with Crippen LogP contribution in [0.2, 0.25) is 0 Å². The van der Waals surface area contributed by atoms with Crippen LogP contribution in [0.15, 0.2) is 78.9 Å². The van der Waals surface area contributed by atoms with E-state index in [1.807, 2.05) is 6.07 Å². The highest BCUT2D eigenvalue weighted by Gasteiger charge is 2.19. The third kappa shape index (κ3) is 5.51. The van der Waals surface area contributed by atoms with Gasteiger partial charge in [0.05, 0.1) is 5.56 Å². The molecule has 1 amide bonds. The lowest BCUT2D eigenvalue weighted by atomic mass is 10.0. The molecule has 0 aliphatic carbocycles. The SMILES string of the molecule is CC(=O)c1ccc(NC(=O)C(C)OC(=O)c2ccc(C(=O)c3ccccc3)cc2)cc1. The van der Waals surface area contributed by atoms with Gasteiger partial charge < -0.3 is 10.1 Å². The van der Waals surface area contributed by atoms with Gasteiger partial charge in [-0.25, -0.2) is 4.79 Å². The predicted octanol–water partition coefficient (Wildman–Crippen LogP) is 4.30. The number of carbonyl (C=O) groups excluding carboxylic acids is 4. The van der Waals surface area contributed by atoms with E-state index in [4.69, 9.17) is 4.74 Å². The third-order valence-corrected chi connectivity index (χ3v) is 4.63. The standard InChI is InChI=1S/C25H21NO5/c1-16(27)18-12-14-22(15-13-18)26-24(29)17(2)31-25(30)21-10-8-20(9-11-21)23(28)19-6-4-3-5-7-19/h3-15,17H,1-2H3,(H,26,29). The number of Topliss-reactive ketones (excluding diaryl/α,β-unsaturated/α-hetero) is 1. The lowest BCUT2D eigenvalue weighted by molar-refractivity contribution is -0.123. The van der Waals surface area contributed by atoms with Gasteiger partial charge in [-0.15, -0.1) is 0 Å². The van der Waals surface area contributed by atoms with Crippen molar-refractivity contribution in [1.29, 1.82) is 0 Å². The number of hydrogen-bond acceptors (Lipinski definition) is 5. The molecule has 1 N–H and O–H groups in total. The van der Waals surface area contributed by atoms with Crippen molar-refractivity contribution in [2.45, 2.75) is 20.0 Å². The molecule has 3 rings (SSSR count). The second kappa shape index (κ2) is 9.63. The van der Waals surface area contributed by atoms with E-state index in [1.165, 1.54) is 26.0 Å². The van der Waals surface area contributed by atoms with Gasteiger partial charge in [-0.1, -0.05) is 42.5 Å². The monoisotopic (exact) mass is 415 g/mol. The highest BCUT2D eigenvalue weighted by Crippen LogP contribution is 2.14. The van der Waals surface area contributed by atoms with Crippen LogP contribution >= 0.6 is 0 Å². The zero-order chi connectivity index (χ0) is 22.4. The summed E-state index contributed by atoms with van der Waals surface area (Å²) >= 11 is 0. The first-order valence-corrected chi connectivity index (χ1v) is 9.68. The molecule has 0 saturated carbocycles. The van der Waals surface area contributed by atoms with Gasteiger partial charge >= 0.3 is 5.97 Å². The molecule has 3 aromatic carbocycles. The summed E-state index contributed by atoms with van der Waals surface area (Å²) in [5.74, 6) is -1.39. The second-order valence-corrected chi connectivity index (χ2v) is 6.94. The maximum atomic E-state index is 12.4. The summed E-state index contributed by atoms with van der Waals surface area (Å²) in [6, 6.07) is 21.3. The lowest BCUT2D eigenvalue weighted by Gasteiger charge is -2.14. The van der Waals surface area contributed by atoms with Gasteiger partial charge in [0.25, 0.3) is 5.91 Å². The lowest BCUT2D eigenvalue weighted by Crippen LogP contribution is -2.30. The molecule has 0 aliphatic rings. The van der Waals surface area contributed by atoms with Crippen molar-refractivity contribution in [2.24, 2.45) is 0 Å². The molecule has 3 aromatic rings. The zero-order valence-corrected chi connectivity index (χ0v) is 17.1. The van der Waals surface area contributed by atoms with E-state index in [2.05, 4.69) is 5.32 Å². The topological polar surface area (TPSA) is 89.5 Å². The Morgan fingerprint density at radius 1 is 0.710 bits per heavy atom. The molecule has 0 aliphatic heterocycles. The number of amides is 1. The number of carbonyl (C=O) groups is 4. The van der Waals surface area contributed by atoms with Gasteiger partial charge in [0.2, 0.25) is 0 Å². The van der Waals surface area contributed by atoms with Crippen molar-refractivity contribution >= 4 is 29.1 Å². The van der Waals surface area contributed by atoms with Crippen molar-refractivity contribution in [3.63, 3.8) is 0 Å². The van der Waals surface area contributed by atoms with E-state index < -0.39 is 18.0 Å². The minimum Gasteiger partial charge on any atom is -0.449 e. The van der Waals surface area contributed by atoms with Crippen molar-refractivity contribution in [3.8, 4) is 0 Å². The fourth-order valence-electron chi connectivity index (χ4n) is 2.83. The Kier molecular flexibility index (Phi) is 6.72. The first-order chi connectivity index (χ1) is 14.8. The smallest absolute Gasteiger partial charge is 0.338 e. The first kappa shape index (κ1) is 21.6. The molecule has 0 heterocycles. The largest absolute Gasteiger partial charge is 0.449 e. The van der Waals surface area contributed by atoms with Gasteiger partial charge in [-0.3, -0.25) is 14.4 Å². The molecule has 0 aromatic heterocycles. The number of esters is 1. The normalized spacial score (nSPS) is 11.3. The molecule has 0 saturated heterocycles. The summed E-state index contributed by atoms with van der Waals surface area (Å²) in [5.41, 5.74) is 2.26. The fraction of sp³-hybridized carbons (Fsp3) is 0.120. The molecule has 6 nitrogen and oxygen atoms in total. The van der Waals surface area contributed by atoms with E-state index in [1.54, 1.807) is 60.7 Å². The molecule has 0 bridgehead atoms. The number of hydrogen-bond donors (Lipinski definition) is 1. The van der Waals surface area contributed by atoms with E-state index in [0.717, 1.165) is 0 Å². The Hall–Kier alpha value is -4.06. The molecule has 6 heteroatoms. The highest BCUT2D eigenvalue weighted by molar-refractivity contribution is 6.09. The van der Waals surface area contributed by atoms with Crippen LogP contribution in [0, 0.1) is 0 Å². The molecular formula is C25H21NO5. The van der Waals surface area contributed by atoms with Crippen LogP contribution in [-0.2, 0) is 9.53 Å². The third-order valence-electron chi connectivity index (χ3n) is 4.63. The summed E-state index contributed by atoms with van der Waals surface area (Å²) in [7, 11) is 0. The average molecular weight is 415 g/mol. The number of benzene rings is 3. The van der Waals surface area contributed by atoms with Crippen LogP contribution in [0.4, 0.5) is 5.69 Å². The van der Waals surface area contributed by atoms with Gasteiger partial charge in [-0.2, -0.15) is 0 Å². The molecule has 1 unspecified atom stereocenters. The van der Waals surface area contributed by atoms with Crippen LogP contribution < -0.4 is 5.32 Å². The van der Waals surface area contributed by atoms with E-state index >= 15 is 0 Å². The van der Waals surface area contributed by atoms with Gasteiger partial charge in [0, 0.05) is 22.4 Å². The van der Waals surface area contributed by atoms with Crippen molar-refractivity contribution in [3.05, 3.63) is 101 Å². The molecule has 156 valence electrons. The van der Waals surface area contributed by atoms with Gasteiger partial charge in [-0.05, 0) is 50.2 Å². The molecule has 0 fully saturated rings. The van der Waals surface area contributed by atoms with Crippen LogP contribution in [0.5, 0.6) is 0 Å². The molecule has 31 heavy (non-hydrogen) atoms. The Morgan fingerprint density at radius 2 is 1.23 bits per heavy atom. The molecule has 0 spiro atoms. The number of anilines is 1. The second-order valence-electron chi connectivity index (χ2n) is 6.94. The zero-order valence-electron chi connectivity index (χ0n) is 17.1. The molecule has 0 radical (unpaired) electrons. The van der Waals surface area contributed by atoms with E-state index in [-0.39, 0.29) is 17.1 Å². The minimum atomic E-state index is -1.04. The van der Waals surface area contributed by atoms with Crippen LogP contribution in [0.1, 0.15) is 50.5 Å². The fourth-order valence-corrected chi connectivity index (χ4v) is 2.83. The van der Waals surface area contributed by atoms with Crippen molar-refractivity contribution < 1.29 is 23.9 Å². The van der Waals surface area contributed by atoms with E-state index in [0.29, 0.717) is 22.4 Å². The summed E-state index contributed by atoms with van der Waals surface area (Å²) in [5, 5.41) is 2.63. The summed E-state index contributed by atoms with van der Waals surface area (Å²) in [4.78, 5) is 48.4. The maximum Gasteiger partial charge on any atom is 0.338 e. The Morgan fingerprint density at radius 3 is 1.81 bits per heavy atom. The van der Waals surface area contributed by atoms with Crippen molar-refractivity contribution in [2.75, 3.05) is 5.32 Å². The number of rotatable bonds is 7. The summed E-state index contributed by atoms with van der Waals surface area (Å²) in [6.45, 7) is 2.92. The quantitative estimate of drug-likeness (QED) is 0.459. The number of ketones is 2. The molecule has 1 atom stereocenters. The predicted molar refractivity (Wildman–Crippen MR) is 116 cm³/mol. The average Bonchev–Trinajstić information content (AvgIpc) is 2.79. The van der Waals surface area contributed by atoms with Gasteiger partial charge in [0.15, 0.2) is 17.7 Å². The Labute approximate surface area is 179 Å². The van der Waals surface area contributed by atoms with Crippen LogP contribution in [0.3, 0.4) is 0 Å². The minimum absolute atomic E-state index is 0.0725. The Balaban J connectivity index is 1.59. The maximum absolute atomic E-state index is 12.4. The Bertz CT molecular complexity index is 1100. The highest BCUT2D eigenvalue weighted by atomic mass is 16.5. The van der Waals surface area contributed by atoms with Crippen molar-refractivity contribution in [1.82, 2.24) is 0 Å². The summed E-state index contributed by atoms with van der Waals surface area (Å²) in [6.07, 6.45) is -1.04. The van der Waals surface area contributed by atoms with Gasteiger partial charge in [0.1, 0.15) is 0 Å².